The topological polar surface area (TPSA) is 127 Å². The Kier molecular flexibility index (Phi) is 6.85. The molecule has 0 amide bonds. The van der Waals surface area contributed by atoms with Gasteiger partial charge >= 0.3 is 23.9 Å². The molecule has 3 heterocycles. The highest BCUT2D eigenvalue weighted by molar-refractivity contribution is 5.73. The lowest BCUT2D eigenvalue weighted by Crippen LogP contribution is -2.80. The Morgan fingerprint density at radius 1 is 1.03 bits per heavy atom. The molecule has 39 heavy (non-hydrogen) atoms. The average Bonchev–Trinajstić information content (AvgIpc) is 3.56. The summed E-state index contributed by atoms with van der Waals surface area (Å²) in [6.45, 7) is 11.0. The number of esters is 4. The summed E-state index contributed by atoms with van der Waals surface area (Å²) in [7, 11) is 0. The summed E-state index contributed by atoms with van der Waals surface area (Å²) >= 11 is 0. The van der Waals surface area contributed by atoms with Crippen LogP contribution in [0.5, 0.6) is 0 Å². The summed E-state index contributed by atoms with van der Waals surface area (Å²) in [4.78, 5) is 50.7. The second-order valence-corrected chi connectivity index (χ2v) is 12.9. The number of carbonyl (C=O) groups excluding carboxylic acids is 4. The molecule has 0 N–H and O–H groups in total. The minimum absolute atomic E-state index is 0.0262. The normalized spacial score (nSPS) is 45.1. The van der Waals surface area contributed by atoms with E-state index >= 15 is 0 Å². The van der Waals surface area contributed by atoms with Crippen molar-refractivity contribution in [3.8, 4) is 0 Å². The number of cyclic esters (lactones) is 1. The van der Waals surface area contributed by atoms with E-state index in [-0.39, 0.29) is 31.5 Å². The van der Waals surface area contributed by atoms with Gasteiger partial charge in [0.25, 0.3) is 0 Å². The largest absolute Gasteiger partial charge is 0.465 e. The first kappa shape index (κ1) is 28.3. The fraction of sp³-hybridized carbons (Fsp3) is 0.862. The van der Waals surface area contributed by atoms with Gasteiger partial charge in [-0.05, 0) is 44.9 Å². The lowest BCUT2D eigenvalue weighted by atomic mass is 9.40. The third-order valence-electron chi connectivity index (χ3n) is 10.8. The second kappa shape index (κ2) is 9.43. The van der Waals surface area contributed by atoms with Gasteiger partial charge in [0, 0.05) is 19.3 Å². The van der Waals surface area contributed by atoms with Crippen molar-refractivity contribution in [1.29, 1.82) is 0 Å². The Bertz CT molecular complexity index is 1050. The van der Waals surface area contributed by atoms with Crippen LogP contribution in [0, 0.1) is 22.7 Å². The van der Waals surface area contributed by atoms with E-state index in [9.17, 15) is 19.2 Å². The van der Waals surface area contributed by atoms with Crippen LogP contribution < -0.4 is 0 Å². The van der Waals surface area contributed by atoms with Crippen molar-refractivity contribution >= 4 is 23.9 Å². The molecule has 0 aromatic rings. The molecule has 5 aliphatic rings. The molecule has 10 nitrogen and oxygen atoms in total. The van der Waals surface area contributed by atoms with Crippen LogP contribution in [0.4, 0.5) is 0 Å². The molecule has 10 heteroatoms. The van der Waals surface area contributed by atoms with E-state index in [1.165, 1.54) is 13.8 Å². The Morgan fingerprint density at radius 3 is 2.31 bits per heavy atom. The molecule has 218 valence electrons. The van der Waals surface area contributed by atoms with Crippen LogP contribution in [-0.4, -0.2) is 72.7 Å². The smallest absolute Gasteiger partial charge is 0.309 e. The predicted molar refractivity (Wildman–Crippen MR) is 135 cm³/mol. The number of hydrogen-bond donors (Lipinski definition) is 0. The van der Waals surface area contributed by atoms with E-state index in [4.69, 9.17) is 28.4 Å². The van der Waals surface area contributed by atoms with Gasteiger partial charge in [-0.15, -0.1) is 0 Å². The number of hydrogen-bond acceptors (Lipinski definition) is 10. The quantitative estimate of drug-likeness (QED) is 0.276. The van der Waals surface area contributed by atoms with Crippen LogP contribution in [0.2, 0.25) is 0 Å². The van der Waals surface area contributed by atoms with Gasteiger partial charge in [0.2, 0.25) is 0 Å². The number of epoxide rings is 1. The van der Waals surface area contributed by atoms with Crippen molar-refractivity contribution in [2.75, 3.05) is 19.8 Å². The minimum Gasteiger partial charge on any atom is -0.465 e. The summed E-state index contributed by atoms with van der Waals surface area (Å²) in [5.74, 6) is -2.28. The number of ether oxygens (including phenoxy) is 6. The summed E-state index contributed by atoms with van der Waals surface area (Å²) in [5.41, 5.74) is -4.22. The molecular weight excluding hydrogens is 508 g/mol. The zero-order chi connectivity index (χ0) is 28.4. The first-order valence-electron chi connectivity index (χ1n) is 14.3. The third kappa shape index (κ3) is 4.11. The first-order valence-corrected chi connectivity index (χ1v) is 14.3. The number of fused-ring (bicyclic) bond motifs is 4. The summed E-state index contributed by atoms with van der Waals surface area (Å²) in [6, 6.07) is 0. The molecule has 9 atom stereocenters. The number of carbonyl (C=O) groups is 4. The molecule has 2 spiro atoms. The lowest BCUT2D eigenvalue weighted by Gasteiger charge is -2.70. The highest BCUT2D eigenvalue weighted by Gasteiger charge is 2.82. The molecule has 0 aromatic carbocycles. The monoisotopic (exact) mass is 550 g/mol. The molecule has 0 radical (unpaired) electrons. The molecule has 0 unspecified atom stereocenters. The van der Waals surface area contributed by atoms with Crippen molar-refractivity contribution in [2.24, 2.45) is 22.7 Å². The van der Waals surface area contributed by atoms with Gasteiger partial charge in [-0.1, -0.05) is 27.2 Å². The van der Waals surface area contributed by atoms with E-state index in [0.29, 0.717) is 25.9 Å². The van der Waals surface area contributed by atoms with Crippen molar-refractivity contribution < 1.29 is 47.6 Å². The van der Waals surface area contributed by atoms with E-state index in [2.05, 4.69) is 6.92 Å². The van der Waals surface area contributed by atoms with Crippen molar-refractivity contribution in [2.45, 2.75) is 115 Å². The van der Waals surface area contributed by atoms with E-state index in [0.717, 1.165) is 19.3 Å². The van der Waals surface area contributed by atoms with Gasteiger partial charge in [-0.3, -0.25) is 19.2 Å². The van der Waals surface area contributed by atoms with E-state index in [1.807, 2.05) is 13.8 Å². The SMILES string of the molecule is CC[C@H](C)C(=O)O[C@@H]1[C@@H](OC(C)=O)[C@]2(C)O[C@]3(CC[C@]2(C)[C@@H]2CCC[C@]4(CO4)[C@]12COC(C)=O)COC(=O)C3. The highest BCUT2D eigenvalue weighted by Crippen LogP contribution is 2.72. The maximum Gasteiger partial charge on any atom is 0.309 e. The molecule has 2 saturated carbocycles. The highest BCUT2D eigenvalue weighted by atomic mass is 16.6. The zero-order valence-corrected chi connectivity index (χ0v) is 24.0. The molecule has 0 aromatic heterocycles. The Morgan fingerprint density at radius 2 is 1.74 bits per heavy atom. The van der Waals surface area contributed by atoms with Gasteiger partial charge in [0.05, 0.1) is 24.4 Å². The standard InChI is InChI=1S/C29H42O10/c1-7-17(2)24(33)38-23-22(37-19(4)31)26(6)25(5,11-12-27(39-26)13-21(32)35-14-27)20-9-8-10-28(15-36-28)29(20,23)16-34-18(3)30/h17,20,22-23H,7-16H2,1-6H3/t17-,20-,22+,23+,25+,26-,27-,28-,29-/m0/s1. The van der Waals surface area contributed by atoms with Crippen molar-refractivity contribution in [3.63, 3.8) is 0 Å². The average molecular weight is 551 g/mol. The van der Waals surface area contributed by atoms with Crippen LogP contribution in [0.3, 0.4) is 0 Å². The molecule has 5 fully saturated rings. The fourth-order valence-electron chi connectivity index (χ4n) is 8.33. The second-order valence-electron chi connectivity index (χ2n) is 12.9. The third-order valence-corrected chi connectivity index (χ3v) is 10.8. The molecule has 3 aliphatic heterocycles. The van der Waals surface area contributed by atoms with Crippen LogP contribution in [0.25, 0.3) is 0 Å². The molecule has 0 bridgehead atoms. The van der Waals surface area contributed by atoms with E-state index < -0.39 is 63.7 Å². The predicted octanol–water partition coefficient (Wildman–Crippen LogP) is 3.27. The zero-order valence-electron chi connectivity index (χ0n) is 24.0. The maximum atomic E-state index is 13.5. The van der Waals surface area contributed by atoms with Gasteiger partial charge in [-0.2, -0.15) is 0 Å². The molecule has 2 aliphatic carbocycles. The Balaban J connectivity index is 1.71. The van der Waals surface area contributed by atoms with Crippen molar-refractivity contribution in [3.05, 3.63) is 0 Å². The number of rotatable bonds is 6. The van der Waals surface area contributed by atoms with Crippen molar-refractivity contribution in [1.82, 2.24) is 0 Å². The first-order chi connectivity index (χ1) is 18.3. The fourth-order valence-corrected chi connectivity index (χ4v) is 8.33. The van der Waals surface area contributed by atoms with Gasteiger partial charge in [0.1, 0.15) is 30.0 Å². The summed E-state index contributed by atoms with van der Waals surface area (Å²) in [6.07, 6.45) is 2.26. The molecule has 3 saturated heterocycles. The van der Waals surface area contributed by atoms with Gasteiger partial charge in [-0.25, -0.2) is 0 Å². The molecular formula is C29H42O10. The Hall–Kier alpha value is -2.20. The van der Waals surface area contributed by atoms with Crippen LogP contribution >= 0.6 is 0 Å². The summed E-state index contributed by atoms with van der Waals surface area (Å²) in [5, 5.41) is 0. The van der Waals surface area contributed by atoms with Crippen LogP contribution in [0.15, 0.2) is 0 Å². The van der Waals surface area contributed by atoms with Gasteiger partial charge < -0.3 is 28.4 Å². The van der Waals surface area contributed by atoms with E-state index in [1.54, 1.807) is 6.92 Å². The Labute approximate surface area is 229 Å². The summed E-state index contributed by atoms with van der Waals surface area (Å²) < 4.78 is 36.9. The maximum absolute atomic E-state index is 13.5. The minimum atomic E-state index is -1.14. The van der Waals surface area contributed by atoms with Gasteiger partial charge in [0.15, 0.2) is 12.2 Å². The molecule has 5 rings (SSSR count). The van der Waals surface area contributed by atoms with Crippen LogP contribution in [0.1, 0.15) is 86.5 Å². The van der Waals surface area contributed by atoms with Crippen LogP contribution in [-0.2, 0) is 47.6 Å². The lowest BCUT2D eigenvalue weighted by molar-refractivity contribution is -0.361.